The van der Waals surface area contributed by atoms with E-state index in [0.29, 0.717) is 18.2 Å². The van der Waals surface area contributed by atoms with Crippen molar-refractivity contribution in [1.29, 1.82) is 0 Å². The SMILES string of the molecule is [2H]C([2H])([2H])Oc1cc(OC(F)(F)F)ccc1Oc1ccc(C(F)(F)F)cc1C(=O)Nc1ccnc(C(N)=O)c1. The van der Waals surface area contributed by atoms with Gasteiger partial charge < -0.3 is 25.3 Å². The number of halogens is 6. The number of carbonyl (C=O) groups is 2. The van der Waals surface area contributed by atoms with Crippen LogP contribution in [0.4, 0.5) is 32.0 Å². The predicted octanol–water partition coefficient (Wildman–Crippen LogP) is 5.15. The highest BCUT2D eigenvalue weighted by molar-refractivity contribution is 6.07. The third kappa shape index (κ3) is 6.55. The molecule has 0 aliphatic rings. The lowest BCUT2D eigenvalue weighted by atomic mass is 10.1. The van der Waals surface area contributed by atoms with Crippen LogP contribution in [0.1, 0.15) is 30.5 Å². The first kappa shape index (κ1) is 22.0. The van der Waals surface area contributed by atoms with Gasteiger partial charge in [0.05, 0.1) is 22.3 Å². The third-order valence-electron chi connectivity index (χ3n) is 4.30. The summed E-state index contributed by atoms with van der Waals surface area (Å²) in [4.78, 5) is 27.9. The highest BCUT2D eigenvalue weighted by atomic mass is 19.4. The van der Waals surface area contributed by atoms with E-state index in [1.54, 1.807) is 0 Å². The highest BCUT2D eigenvalue weighted by Crippen LogP contribution is 2.39. The van der Waals surface area contributed by atoms with E-state index in [0.717, 1.165) is 30.5 Å². The maximum atomic E-state index is 13.4. The van der Waals surface area contributed by atoms with Gasteiger partial charge in [-0.05, 0) is 42.5 Å². The number of methoxy groups -OCH3 is 1. The van der Waals surface area contributed by atoms with Crippen LogP contribution < -0.4 is 25.3 Å². The van der Waals surface area contributed by atoms with E-state index in [1.807, 2.05) is 0 Å². The summed E-state index contributed by atoms with van der Waals surface area (Å²) < 4.78 is 113. The van der Waals surface area contributed by atoms with Gasteiger partial charge in [0.25, 0.3) is 11.8 Å². The normalized spacial score (nSPS) is 13.1. The lowest BCUT2D eigenvalue weighted by molar-refractivity contribution is -0.274. The molecular formula is C22H15F6N3O5. The molecule has 0 atom stereocenters. The van der Waals surface area contributed by atoms with Gasteiger partial charge in [-0.15, -0.1) is 13.2 Å². The Labute approximate surface area is 202 Å². The number of hydrogen-bond donors (Lipinski definition) is 2. The minimum absolute atomic E-state index is 0.0766. The fourth-order valence-electron chi connectivity index (χ4n) is 2.78. The Morgan fingerprint density at radius 2 is 1.69 bits per heavy atom. The van der Waals surface area contributed by atoms with Crippen LogP contribution in [0.2, 0.25) is 0 Å². The van der Waals surface area contributed by atoms with E-state index < -0.39 is 65.5 Å². The molecule has 1 aromatic heterocycles. The molecular weight excluding hydrogens is 500 g/mol. The molecule has 2 aromatic carbocycles. The molecule has 14 heteroatoms. The monoisotopic (exact) mass is 518 g/mol. The second-order valence-electron chi connectivity index (χ2n) is 6.82. The van der Waals surface area contributed by atoms with Crippen LogP contribution in [0.15, 0.2) is 54.7 Å². The van der Waals surface area contributed by atoms with Gasteiger partial charge in [0.2, 0.25) is 0 Å². The van der Waals surface area contributed by atoms with Crippen molar-refractivity contribution in [3.05, 3.63) is 71.5 Å². The van der Waals surface area contributed by atoms with Gasteiger partial charge in [0, 0.05) is 18.0 Å². The Morgan fingerprint density at radius 1 is 0.972 bits per heavy atom. The molecule has 0 fully saturated rings. The highest BCUT2D eigenvalue weighted by Gasteiger charge is 2.33. The third-order valence-corrected chi connectivity index (χ3v) is 4.30. The van der Waals surface area contributed by atoms with Crippen molar-refractivity contribution >= 4 is 17.5 Å². The van der Waals surface area contributed by atoms with Crippen molar-refractivity contribution in [2.24, 2.45) is 5.73 Å². The van der Waals surface area contributed by atoms with Crippen LogP contribution in [0.25, 0.3) is 0 Å². The fraction of sp³-hybridized carbons (Fsp3) is 0.136. The number of aromatic nitrogens is 1. The van der Waals surface area contributed by atoms with E-state index in [-0.39, 0.29) is 11.4 Å². The smallest absolute Gasteiger partial charge is 0.493 e. The van der Waals surface area contributed by atoms with E-state index in [1.165, 1.54) is 6.07 Å². The van der Waals surface area contributed by atoms with Crippen LogP contribution in [0.5, 0.6) is 23.0 Å². The van der Waals surface area contributed by atoms with Gasteiger partial charge in [-0.3, -0.25) is 14.6 Å². The van der Waals surface area contributed by atoms with Crippen molar-refractivity contribution in [1.82, 2.24) is 4.98 Å². The van der Waals surface area contributed by atoms with Crippen molar-refractivity contribution < 1.29 is 54.3 Å². The zero-order valence-corrected chi connectivity index (χ0v) is 17.5. The predicted molar refractivity (Wildman–Crippen MR) is 112 cm³/mol. The first-order chi connectivity index (χ1) is 17.9. The number of amides is 2. The molecule has 0 unspecified atom stereocenters. The Morgan fingerprint density at radius 3 is 2.33 bits per heavy atom. The number of primary amides is 1. The molecule has 3 rings (SSSR count). The molecule has 3 aromatic rings. The van der Waals surface area contributed by atoms with Crippen LogP contribution in [-0.2, 0) is 6.18 Å². The Kier molecular flexibility index (Phi) is 6.12. The van der Waals surface area contributed by atoms with Gasteiger partial charge >= 0.3 is 12.5 Å². The Balaban J connectivity index is 2.05. The van der Waals surface area contributed by atoms with Crippen LogP contribution in [-0.4, -0.2) is 30.2 Å². The molecule has 0 spiro atoms. The van der Waals surface area contributed by atoms with E-state index in [2.05, 4.69) is 19.8 Å². The number of pyridine rings is 1. The zero-order chi connectivity index (χ0) is 29.2. The maximum absolute atomic E-state index is 13.4. The molecule has 190 valence electrons. The summed E-state index contributed by atoms with van der Waals surface area (Å²) in [5.74, 6) is -4.95. The lowest BCUT2D eigenvalue weighted by Crippen LogP contribution is -2.17. The number of nitrogens with two attached hydrogens (primary N) is 1. The molecule has 36 heavy (non-hydrogen) atoms. The van der Waals surface area contributed by atoms with Gasteiger partial charge in [-0.1, -0.05) is 0 Å². The number of benzene rings is 2. The average Bonchev–Trinajstić information content (AvgIpc) is 2.78. The summed E-state index contributed by atoms with van der Waals surface area (Å²) >= 11 is 0. The standard InChI is InChI=1S/C22H15F6N3O5/c1-34-18-10-13(36-22(26,27)28)3-5-17(18)35-16-4-2-11(21(23,24)25)8-14(16)20(33)31-12-6-7-30-15(9-12)19(29)32/h2-10H,1H3,(H2,29,32)(H,30,31,33)/i1D3. The maximum Gasteiger partial charge on any atom is 0.573 e. The number of nitrogens with one attached hydrogen (secondary N) is 1. The second kappa shape index (κ2) is 10.0. The fourth-order valence-corrected chi connectivity index (χ4v) is 2.78. The number of anilines is 1. The molecule has 0 bridgehead atoms. The molecule has 3 N–H and O–H groups in total. The van der Waals surface area contributed by atoms with Crippen LogP contribution in [0, 0.1) is 0 Å². The summed E-state index contributed by atoms with van der Waals surface area (Å²) in [5, 5.41) is 2.25. The van der Waals surface area contributed by atoms with Gasteiger partial charge in [-0.2, -0.15) is 13.2 Å². The number of rotatable bonds is 7. The number of hydrogen-bond acceptors (Lipinski definition) is 6. The molecule has 0 saturated heterocycles. The number of nitrogens with zero attached hydrogens (tertiary/aromatic N) is 1. The first-order valence-corrected chi connectivity index (χ1v) is 9.46. The van der Waals surface area contributed by atoms with Crippen molar-refractivity contribution in [2.75, 3.05) is 12.4 Å². The summed E-state index contributed by atoms with van der Waals surface area (Å²) in [7, 11) is -3.19. The zero-order valence-electron chi connectivity index (χ0n) is 20.5. The molecule has 0 aliphatic carbocycles. The average molecular weight is 518 g/mol. The van der Waals surface area contributed by atoms with Crippen molar-refractivity contribution in [3.8, 4) is 23.0 Å². The first-order valence-electron chi connectivity index (χ1n) is 11.0. The molecule has 0 saturated carbocycles. The quantitative estimate of drug-likeness (QED) is 0.419. The topological polar surface area (TPSA) is 113 Å². The summed E-state index contributed by atoms with van der Waals surface area (Å²) in [5.41, 5.74) is 2.79. The summed E-state index contributed by atoms with van der Waals surface area (Å²) in [6, 6.07) is 6.02. The minimum atomic E-state index is -5.14. The molecule has 0 aliphatic heterocycles. The molecule has 8 nitrogen and oxygen atoms in total. The van der Waals surface area contributed by atoms with Gasteiger partial charge in [-0.25, -0.2) is 0 Å². The van der Waals surface area contributed by atoms with Gasteiger partial charge in [0.1, 0.15) is 17.2 Å². The van der Waals surface area contributed by atoms with Gasteiger partial charge in [0.15, 0.2) is 11.5 Å². The number of ether oxygens (including phenoxy) is 3. The molecule has 0 radical (unpaired) electrons. The van der Waals surface area contributed by atoms with Crippen molar-refractivity contribution in [2.45, 2.75) is 12.5 Å². The number of carbonyl (C=O) groups excluding carboxylic acids is 2. The Bertz CT molecular complexity index is 1400. The second-order valence-corrected chi connectivity index (χ2v) is 6.82. The minimum Gasteiger partial charge on any atom is -0.493 e. The molecule has 2 amide bonds. The lowest BCUT2D eigenvalue weighted by Gasteiger charge is -2.17. The number of alkyl halides is 6. The van der Waals surface area contributed by atoms with Crippen LogP contribution >= 0.6 is 0 Å². The van der Waals surface area contributed by atoms with E-state index in [9.17, 15) is 35.9 Å². The Hall–Kier alpha value is -4.49. The summed E-state index contributed by atoms with van der Waals surface area (Å²) in [6.07, 6.45) is -8.93. The van der Waals surface area contributed by atoms with E-state index >= 15 is 0 Å². The van der Waals surface area contributed by atoms with Crippen molar-refractivity contribution in [3.63, 3.8) is 0 Å². The van der Waals surface area contributed by atoms with Crippen LogP contribution in [0.3, 0.4) is 0 Å². The largest absolute Gasteiger partial charge is 0.573 e. The van der Waals surface area contributed by atoms with E-state index in [4.69, 9.17) is 14.6 Å². The summed E-state index contributed by atoms with van der Waals surface area (Å²) in [6.45, 7) is 0. The molecule has 1 heterocycles.